The minimum atomic E-state index is -0.345. The van der Waals surface area contributed by atoms with E-state index in [1.165, 1.54) is 0 Å². The average molecular weight is 306 g/mol. The molecule has 4 nitrogen and oxygen atoms in total. The highest BCUT2D eigenvalue weighted by Gasteiger charge is 2.15. The molecule has 112 valence electrons. The van der Waals surface area contributed by atoms with E-state index in [0.717, 1.165) is 10.6 Å². The zero-order chi connectivity index (χ0) is 15.5. The number of halogens is 1. The van der Waals surface area contributed by atoms with Crippen LogP contribution >= 0.6 is 11.6 Å². The van der Waals surface area contributed by atoms with Crippen molar-refractivity contribution in [3.63, 3.8) is 0 Å². The van der Waals surface area contributed by atoms with E-state index < -0.39 is 0 Å². The van der Waals surface area contributed by atoms with Gasteiger partial charge in [0.15, 0.2) is 0 Å². The van der Waals surface area contributed by atoms with Crippen molar-refractivity contribution in [2.24, 2.45) is 0 Å². The number of hydrogen-bond donors (Lipinski definition) is 2. The Morgan fingerprint density at radius 3 is 2.57 bits per heavy atom. The van der Waals surface area contributed by atoms with Gasteiger partial charge in [-0.15, -0.1) is 0 Å². The summed E-state index contributed by atoms with van der Waals surface area (Å²) >= 11 is 6.13. The monoisotopic (exact) mass is 305 g/mol. The molecule has 2 aromatic rings. The summed E-state index contributed by atoms with van der Waals surface area (Å²) in [5, 5.41) is 3.95. The van der Waals surface area contributed by atoms with Crippen LogP contribution in [0.5, 0.6) is 5.88 Å². The van der Waals surface area contributed by atoms with Gasteiger partial charge in [0.1, 0.15) is 11.4 Å². The number of nitrogens with one attached hydrogen (secondary N) is 1. The summed E-state index contributed by atoms with van der Waals surface area (Å²) in [6, 6.07) is 11.3. The lowest BCUT2D eigenvalue weighted by molar-refractivity contribution is 0.125. The van der Waals surface area contributed by atoms with Gasteiger partial charge in [0.25, 0.3) is 0 Å². The topological polar surface area (TPSA) is 60.2 Å². The van der Waals surface area contributed by atoms with Crippen LogP contribution in [0.3, 0.4) is 0 Å². The van der Waals surface area contributed by atoms with Gasteiger partial charge in [0.05, 0.1) is 5.69 Å². The molecule has 0 aliphatic carbocycles. The molecule has 0 spiro atoms. The van der Waals surface area contributed by atoms with E-state index in [-0.39, 0.29) is 5.60 Å². The number of hydrogen-bond acceptors (Lipinski definition) is 4. The van der Waals surface area contributed by atoms with Crippen LogP contribution in [0.15, 0.2) is 36.4 Å². The standard InChI is InChI=1S/C16H20ClN3O/c1-16(2,3)21-15-13(18)8-9-14(20-15)19-10-11-6-4-5-7-12(11)17/h4-9H,10,18H2,1-3H3,(H,19,20). The Kier molecular flexibility index (Phi) is 4.58. The fraction of sp³-hybridized carbons (Fsp3) is 0.312. The van der Waals surface area contributed by atoms with Gasteiger partial charge in [-0.05, 0) is 44.5 Å². The summed E-state index contributed by atoms with van der Waals surface area (Å²) in [6.45, 7) is 6.46. The third-order valence-corrected chi connectivity index (χ3v) is 3.08. The normalized spacial score (nSPS) is 11.2. The molecule has 0 aliphatic heterocycles. The van der Waals surface area contributed by atoms with E-state index in [4.69, 9.17) is 22.1 Å². The second-order valence-electron chi connectivity index (χ2n) is 5.75. The molecule has 0 saturated carbocycles. The molecule has 21 heavy (non-hydrogen) atoms. The van der Waals surface area contributed by atoms with Crippen molar-refractivity contribution >= 4 is 23.1 Å². The van der Waals surface area contributed by atoms with Crippen LogP contribution in [0.4, 0.5) is 11.5 Å². The number of pyridine rings is 1. The second-order valence-corrected chi connectivity index (χ2v) is 6.16. The fourth-order valence-corrected chi connectivity index (χ4v) is 1.95. The van der Waals surface area contributed by atoms with E-state index in [2.05, 4.69) is 10.3 Å². The molecular weight excluding hydrogens is 286 g/mol. The van der Waals surface area contributed by atoms with Crippen LogP contribution in [0.25, 0.3) is 0 Å². The maximum Gasteiger partial charge on any atom is 0.239 e. The quantitative estimate of drug-likeness (QED) is 0.892. The molecule has 0 aliphatic rings. The molecule has 0 saturated heterocycles. The molecule has 1 aromatic heterocycles. The van der Waals surface area contributed by atoms with Crippen molar-refractivity contribution in [3.05, 3.63) is 47.0 Å². The Morgan fingerprint density at radius 1 is 1.19 bits per heavy atom. The Hall–Kier alpha value is -1.94. The summed E-state index contributed by atoms with van der Waals surface area (Å²) in [7, 11) is 0. The van der Waals surface area contributed by atoms with E-state index in [1.807, 2.05) is 51.1 Å². The predicted octanol–water partition coefficient (Wildman–Crippen LogP) is 4.11. The lowest BCUT2D eigenvalue weighted by Gasteiger charge is -2.21. The van der Waals surface area contributed by atoms with E-state index >= 15 is 0 Å². The van der Waals surface area contributed by atoms with Gasteiger partial charge in [-0.3, -0.25) is 0 Å². The molecule has 0 radical (unpaired) electrons. The van der Waals surface area contributed by atoms with Crippen LogP contribution in [0, 0.1) is 0 Å². The minimum Gasteiger partial charge on any atom is -0.470 e. The van der Waals surface area contributed by atoms with Crippen LogP contribution in [0.1, 0.15) is 26.3 Å². The highest BCUT2D eigenvalue weighted by Crippen LogP contribution is 2.25. The lowest BCUT2D eigenvalue weighted by atomic mass is 10.2. The summed E-state index contributed by atoms with van der Waals surface area (Å²) in [5.41, 5.74) is 7.08. The highest BCUT2D eigenvalue weighted by molar-refractivity contribution is 6.31. The summed E-state index contributed by atoms with van der Waals surface area (Å²) < 4.78 is 5.75. The van der Waals surface area contributed by atoms with Gasteiger partial charge >= 0.3 is 0 Å². The third kappa shape index (κ3) is 4.53. The number of nitrogens with two attached hydrogens (primary N) is 1. The van der Waals surface area contributed by atoms with Crippen LogP contribution in [0.2, 0.25) is 5.02 Å². The van der Waals surface area contributed by atoms with Crippen molar-refractivity contribution in [2.75, 3.05) is 11.1 Å². The molecule has 0 bridgehead atoms. The highest BCUT2D eigenvalue weighted by atomic mass is 35.5. The number of nitrogen functional groups attached to an aromatic ring is 1. The molecule has 0 amide bonds. The average Bonchev–Trinajstić information content (AvgIpc) is 2.39. The molecule has 1 heterocycles. The Morgan fingerprint density at radius 2 is 1.90 bits per heavy atom. The van der Waals surface area contributed by atoms with Gasteiger partial charge in [-0.25, -0.2) is 0 Å². The largest absolute Gasteiger partial charge is 0.470 e. The maximum absolute atomic E-state index is 6.13. The number of nitrogens with zero attached hydrogens (tertiary/aromatic N) is 1. The lowest BCUT2D eigenvalue weighted by Crippen LogP contribution is -2.24. The van der Waals surface area contributed by atoms with Crippen LogP contribution < -0.4 is 15.8 Å². The SMILES string of the molecule is CC(C)(C)Oc1nc(NCc2ccccc2Cl)ccc1N. The summed E-state index contributed by atoms with van der Waals surface area (Å²) in [6.07, 6.45) is 0. The van der Waals surface area contributed by atoms with Gasteiger partial charge < -0.3 is 15.8 Å². The van der Waals surface area contributed by atoms with Crippen molar-refractivity contribution < 1.29 is 4.74 Å². The number of anilines is 2. The summed E-state index contributed by atoms with van der Waals surface area (Å²) in [4.78, 5) is 4.40. The van der Waals surface area contributed by atoms with E-state index in [0.29, 0.717) is 23.9 Å². The van der Waals surface area contributed by atoms with Gasteiger partial charge in [0.2, 0.25) is 5.88 Å². The Bertz CT molecular complexity index is 623. The molecule has 0 fully saturated rings. The van der Waals surface area contributed by atoms with Gasteiger partial charge in [0, 0.05) is 11.6 Å². The van der Waals surface area contributed by atoms with Crippen LogP contribution in [-0.2, 0) is 6.54 Å². The zero-order valence-corrected chi connectivity index (χ0v) is 13.2. The Balaban J connectivity index is 2.11. The first-order chi connectivity index (χ1) is 9.85. The van der Waals surface area contributed by atoms with Crippen molar-refractivity contribution in [3.8, 4) is 5.88 Å². The van der Waals surface area contributed by atoms with Crippen molar-refractivity contribution in [1.29, 1.82) is 0 Å². The molecule has 5 heteroatoms. The molecule has 2 rings (SSSR count). The zero-order valence-electron chi connectivity index (χ0n) is 12.5. The minimum absolute atomic E-state index is 0.345. The number of benzene rings is 1. The first-order valence-electron chi connectivity index (χ1n) is 6.78. The number of aromatic nitrogens is 1. The van der Waals surface area contributed by atoms with Gasteiger partial charge in [-0.2, -0.15) is 4.98 Å². The molecule has 0 atom stereocenters. The Labute approximate surface area is 130 Å². The van der Waals surface area contributed by atoms with Crippen molar-refractivity contribution in [1.82, 2.24) is 4.98 Å². The van der Waals surface area contributed by atoms with E-state index in [1.54, 1.807) is 6.07 Å². The molecular formula is C16H20ClN3O. The number of ether oxygens (including phenoxy) is 1. The summed E-state index contributed by atoms with van der Waals surface area (Å²) in [5.74, 6) is 1.13. The second kappa shape index (κ2) is 6.22. The number of rotatable bonds is 4. The van der Waals surface area contributed by atoms with Crippen LogP contribution in [-0.4, -0.2) is 10.6 Å². The smallest absolute Gasteiger partial charge is 0.239 e. The predicted molar refractivity (Wildman–Crippen MR) is 87.8 cm³/mol. The van der Waals surface area contributed by atoms with Crippen molar-refractivity contribution in [2.45, 2.75) is 32.9 Å². The molecule has 0 unspecified atom stereocenters. The first-order valence-corrected chi connectivity index (χ1v) is 7.16. The van der Waals surface area contributed by atoms with Gasteiger partial charge in [-0.1, -0.05) is 29.8 Å². The van der Waals surface area contributed by atoms with E-state index in [9.17, 15) is 0 Å². The first kappa shape index (κ1) is 15.4. The maximum atomic E-state index is 6.13. The molecule has 3 N–H and O–H groups in total. The molecule has 1 aromatic carbocycles. The fourth-order valence-electron chi connectivity index (χ4n) is 1.75. The third-order valence-electron chi connectivity index (χ3n) is 2.71.